The summed E-state index contributed by atoms with van der Waals surface area (Å²) < 4.78 is 5.52. The van der Waals surface area contributed by atoms with Crippen LogP contribution in [0.4, 0.5) is 0 Å². The normalized spacial score (nSPS) is 11.9. The molecule has 0 heterocycles. The Morgan fingerprint density at radius 2 is 1.59 bits per heavy atom. The number of ether oxygens (including phenoxy) is 1. The molecule has 0 aliphatic heterocycles. The Hall–Kier alpha value is -3.07. The molecule has 1 atom stereocenters. The average Bonchev–Trinajstić information content (AvgIpc) is 2.71. The average molecular weight is 388 g/mol. The van der Waals surface area contributed by atoms with Gasteiger partial charge in [-0.1, -0.05) is 74.0 Å². The lowest BCUT2D eigenvalue weighted by atomic mass is 9.94. The highest BCUT2D eigenvalue weighted by molar-refractivity contribution is 5.96. The van der Waals surface area contributed by atoms with Crippen LogP contribution in [0.25, 0.3) is 0 Å². The molecule has 0 radical (unpaired) electrons. The number of nitrogens with one attached hydrogen (secondary N) is 1. The number of benzene rings is 3. The summed E-state index contributed by atoms with van der Waals surface area (Å²) in [5.41, 5.74) is 5.92. The smallest absolute Gasteiger partial charge is 0.252 e. The van der Waals surface area contributed by atoms with Crippen LogP contribution in [0.5, 0.6) is 5.75 Å². The molecule has 0 saturated heterocycles. The van der Waals surface area contributed by atoms with Gasteiger partial charge in [-0.2, -0.15) is 0 Å². The van der Waals surface area contributed by atoms with E-state index in [4.69, 9.17) is 4.74 Å². The zero-order chi connectivity index (χ0) is 21.0. The van der Waals surface area contributed by atoms with E-state index >= 15 is 0 Å². The van der Waals surface area contributed by atoms with Gasteiger partial charge in [0.15, 0.2) is 0 Å². The number of methoxy groups -OCH3 is 1. The Bertz CT molecular complexity index is 993. The zero-order valence-corrected chi connectivity index (χ0v) is 17.8. The molecule has 0 bridgehead atoms. The first-order valence-electron chi connectivity index (χ1n) is 10.0. The first-order valence-corrected chi connectivity index (χ1v) is 10.0. The molecular weight excluding hydrogens is 358 g/mol. The molecular formula is C26H29NO2. The lowest BCUT2D eigenvalue weighted by molar-refractivity contribution is 0.0942. The quantitative estimate of drug-likeness (QED) is 0.567. The Kier molecular flexibility index (Phi) is 6.38. The topological polar surface area (TPSA) is 38.3 Å². The van der Waals surface area contributed by atoms with Crippen LogP contribution in [0.1, 0.15) is 64.0 Å². The van der Waals surface area contributed by atoms with Gasteiger partial charge in [0.1, 0.15) is 5.75 Å². The molecule has 0 aromatic heterocycles. The minimum atomic E-state index is -0.215. The molecule has 0 unspecified atom stereocenters. The highest BCUT2D eigenvalue weighted by Crippen LogP contribution is 2.30. The molecule has 0 saturated carbocycles. The first-order chi connectivity index (χ1) is 13.9. The van der Waals surface area contributed by atoms with Crippen molar-refractivity contribution in [2.24, 2.45) is 0 Å². The van der Waals surface area contributed by atoms with E-state index in [1.807, 2.05) is 55.5 Å². The molecule has 1 amide bonds. The lowest BCUT2D eigenvalue weighted by Crippen LogP contribution is -2.30. The van der Waals surface area contributed by atoms with E-state index in [2.05, 4.69) is 44.3 Å². The molecule has 3 heteroatoms. The van der Waals surface area contributed by atoms with Gasteiger partial charge in [-0.15, -0.1) is 0 Å². The van der Waals surface area contributed by atoms with Crippen molar-refractivity contribution >= 4 is 5.91 Å². The molecule has 29 heavy (non-hydrogen) atoms. The maximum atomic E-state index is 13.3. The lowest BCUT2D eigenvalue weighted by Gasteiger charge is -2.22. The molecule has 3 nitrogen and oxygen atoms in total. The number of hydrogen-bond donors (Lipinski definition) is 1. The summed E-state index contributed by atoms with van der Waals surface area (Å²) in [6.07, 6.45) is 0. The van der Waals surface area contributed by atoms with Gasteiger partial charge < -0.3 is 10.1 Å². The van der Waals surface area contributed by atoms with Crippen LogP contribution >= 0.6 is 0 Å². The highest BCUT2D eigenvalue weighted by Gasteiger charge is 2.21. The Morgan fingerprint density at radius 1 is 0.897 bits per heavy atom. The fourth-order valence-electron chi connectivity index (χ4n) is 3.63. The monoisotopic (exact) mass is 387 g/mol. The molecule has 0 spiro atoms. The second kappa shape index (κ2) is 8.95. The van der Waals surface area contributed by atoms with Gasteiger partial charge in [-0.05, 0) is 54.2 Å². The number of carbonyl (C=O) groups excluding carboxylic acids is 1. The Balaban J connectivity index is 2.00. The van der Waals surface area contributed by atoms with Crippen molar-refractivity contribution in [3.8, 4) is 5.75 Å². The highest BCUT2D eigenvalue weighted by atomic mass is 16.5. The van der Waals surface area contributed by atoms with Crippen LogP contribution in [0.3, 0.4) is 0 Å². The SMILES string of the molecule is COc1cc(C)c(C(=O)N[C@@H](c2ccccc2)c2cccc(C)c2)cc1C(C)C. The van der Waals surface area contributed by atoms with Gasteiger partial charge in [0.05, 0.1) is 13.2 Å². The summed E-state index contributed by atoms with van der Waals surface area (Å²) in [6.45, 7) is 8.23. The molecule has 0 fully saturated rings. The number of aryl methyl sites for hydroxylation is 2. The van der Waals surface area contributed by atoms with E-state index in [-0.39, 0.29) is 17.9 Å². The first kappa shape index (κ1) is 20.7. The summed E-state index contributed by atoms with van der Waals surface area (Å²) in [7, 11) is 1.67. The fourth-order valence-corrected chi connectivity index (χ4v) is 3.63. The van der Waals surface area contributed by atoms with E-state index in [0.717, 1.165) is 28.0 Å². The molecule has 3 aromatic rings. The summed E-state index contributed by atoms with van der Waals surface area (Å²) >= 11 is 0. The Morgan fingerprint density at radius 3 is 2.21 bits per heavy atom. The van der Waals surface area contributed by atoms with Crippen LogP contribution in [-0.2, 0) is 0 Å². The van der Waals surface area contributed by atoms with Gasteiger partial charge >= 0.3 is 0 Å². The maximum Gasteiger partial charge on any atom is 0.252 e. The molecule has 0 aliphatic rings. The summed E-state index contributed by atoms with van der Waals surface area (Å²) in [6, 6.07) is 22.1. The number of rotatable bonds is 6. The van der Waals surface area contributed by atoms with Crippen LogP contribution < -0.4 is 10.1 Å². The molecule has 3 rings (SSSR count). The van der Waals surface area contributed by atoms with E-state index in [9.17, 15) is 4.79 Å². The second-order valence-electron chi connectivity index (χ2n) is 7.80. The van der Waals surface area contributed by atoms with Gasteiger partial charge in [-0.3, -0.25) is 4.79 Å². The standard InChI is InChI=1S/C26H29NO2/c1-17(2)22-16-23(19(4)15-24(22)29-5)26(28)27-25(20-11-7-6-8-12-20)21-13-9-10-18(3)14-21/h6-17,25H,1-5H3,(H,27,28)/t25-/m0/s1. The third-order valence-corrected chi connectivity index (χ3v) is 5.23. The van der Waals surface area contributed by atoms with Crippen LogP contribution in [0.15, 0.2) is 66.7 Å². The van der Waals surface area contributed by atoms with Crippen molar-refractivity contribution in [1.29, 1.82) is 0 Å². The van der Waals surface area contributed by atoms with Crippen LogP contribution in [0.2, 0.25) is 0 Å². The van der Waals surface area contributed by atoms with Gasteiger partial charge in [-0.25, -0.2) is 0 Å². The van der Waals surface area contributed by atoms with E-state index in [1.165, 1.54) is 5.56 Å². The van der Waals surface area contributed by atoms with Crippen molar-refractivity contribution in [3.63, 3.8) is 0 Å². The largest absolute Gasteiger partial charge is 0.496 e. The second-order valence-corrected chi connectivity index (χ2v) is 7.80. The van der Waals surface area contributed by atoms with Crippen LogP contribution in [0, 0.1) is 13.8 Å². The summed E-state index contributed by atoms with van der Waals surface area (Å²) in [5.74, 6) is 1.01. The molecule has 150 valence electrons. The molecule has 1 N–H and O–H groups in total. The van der Waals surface area contributed by atoms with Gasteiger partial charge in [0.2, 0.25) is 0 Å². The fraction of sp³-hybridized carbons (Fsp3) is 0.269. The van der Waals surface area contributed by atoms with Crippen molar-refractivity contribution in [2.45, 2.75) is 39.7 Å². The minimum Gasteiger partial charge on any atom is -0.496 e. The van der Waals surface area contributed by atoms with E-state index < -0.39 is 0 Å². The maximum absolute atomic E-state index is 13.3. The van der Waals surface area contributed by atoms with Gasteiger partial charge in [0.25, 0.3) is 5.91 Å². The third-order valence-electron chi connectivity index (χ3n) is 5.23. The number of amides is 1. The van der Waals surface area contributed by atoms with E-state index in [0.29, 0.717) is 5.56 Å². The number of carbonyl (C=O) groups is 1. The zero-order valence-electron chi connectivity index (χ0n) is 17.8. The molecule has 0 aliphatic carbocycles. The summed E-state index contributed by atoms with van der Waals surface area (Å²) in [5, 5.41) is 3.26. The van der Waals surface area contributed by atoms with Crippen molar-refractivity contribution in [3.05, 3.63) is 100 Å². The van der Waals surface area contributed by atoms with Crippen molar-refractivity contribution < 1.29 is 9.53 Å². The summed E-state index contributed by atoms with van der Waals surface area (Å²) in [4.78, 5) is 13.3. The van der Waals surface area contributed by atoms with Crippen molar-refractivity contribution in [2.75, 3.05) is 7.11 Å². The van der Waals surface area contributed by atoms with Gasteiger partial charge in [0, 0.05) is 5.56 Å². The van der Waals surface area contributed by atoms with E-state index in [1.54, 1.807) is 7.11 Å². The predicted octanol–water partition coefficient (Wildman–Crippen LogP) is 5.95. The minimum absolute atomic E-state index is 0.0811. The predicted molar refractivity (Wildman–Crippen MR) is 119 cm³/mol. The van der Waals surface area contributed by atoms with Crippen molar-refractivity contribution in [1.82, 2.24) is 5.32 Å². The van der Waals surface area contributed by atoms with Crippen LogP contribution in [-0.4, -0.2) is 13.0 Å². The number of hydrogen-bond acceptors (Lipinski definition) is 2. The third kappa shape index (κ3) is 4.68. The Labute approximate surface area is 173 Å². The molecule has 3 aromatic carbocycles.